The summed E-state index contributed by atoms with van der Waals surface area (Å²) in [5.41, 5.74) is 2.79. The Kier molecular flexibility index (Phi) is 4.37. The van der Waals surface area contributed by atoms with E-state index in [0.29, 0.717) is 27.2 Å². The van der Waals surface area contributed by atoms with Crippen molar-refractivity contribution in [3.63, 3.8) is 0 Å². The van der Waals surface area contributed by atoms with Crippen molar-refractivity contribution < 1.29 is 4.79 Å². The number of amides is 1. The van der Waals surface area contributed by atoms with Crippen molar-refractivity contribution in [3.05, 3.63) is 51.8 Å². The number of hydrogen-bond acceptors (Lipinski definition) is 3. The molecule has 0 unspecified atom stereocenters. The first kappa shape index (κ1) is 17.3. The number of nitrogens with zero attached hydrogens (tertiary/aromatic N) is 3. The lowest BCUT2D eigenvalue weighted by Crippen LogP contribution is -2.14. The van der Waals surface area contributed by atoms with Crippen LogP contribution in [0.2, 0.25) is 10.0 Å². The summed E-state index contributed by atoms with van der Waals surface area (Å²) >= 11 is 12.1. The molecule has 1 aromatic carbocycles. The molecule has 0 radical (unpaired) electrons. The molecule has 0 aliphatic heterocycles. The van der Waals surface area contributed by atoms with Crippen LogP contribution in [0.1, 0.15) is 54.7 Å². The van der Waals surface area contributed by atoms with E-state index in [0.717, 1.165) is 29.6 Å². The van der Waals surface area contributed by atoms with Gasteiger partial charge in [0.05, 0.1) is 27.9 Å². The maximum atomic E-state index is 13.0. The highest BCUT2D eigenvalue weighted by Gasteiger charge is 2.28. The van der Waals surface area contributed by atoms with Gasteiger partial charge in [0.2, 0.25) is 0 Å². The molecule has 1 N–H and O–H groups in total. The van der Waals surface area contributed by atoms with Gasteiger partial charge in [-0.2, -0.15) is 5.10 Å². The second kappa shape index (κ2) is 6.56. The normalized spacial score (nSPS) is 14.2. The summed E-state index contributed by atoms with van der Waals surface area (Å²) in [5.74, 6) is 0.201. The Morgan fingerprint density at radius 1 is 1.27 bits per heavy atom. The van der Waals surface area contributed by atoms with Crippen LogP contribution in [-0.4, -0.2) is 20.7 Å². The number of nitrogens with one attached hydrogen (secondary N) is 1. The average Bonchev–Trinajstić information content (AvgIpc) is 3.35. The zero-order chi connectivity index (χ0) is 18.4. The molecule has 0 atom stereocenters. The molecule has 4 rings (SSSR count). The number of anilines is 1. The van der Waals surface area contributed by atoms with E-state index in [2.05, 4.69) is 10.4 Å². The third-order valence-electron chi connectivity index (χ3n) is 4.50. The third-order valence-corrected chi connectivity index (χ3v) is 5.04. The van der Waals surface area contributed by atoms with Gasteiger partial charge < -0.3 is 5.32 Å². The number of benzene rings is 1. The summed E-state index contributed by atoms with van der Waals surface area (Å²) in [4.78, 5) is 17.7. The van der Waals surface area contributed by atoms with Crippen molar-refractivity contribution in [2.24, 2.45) is 0 Å². The second-order valence-corrected chi connectivity index (χ2v) is 7.71. The SMILES string of the molecule is CC(C)n1ncc2c(C(=O)Nc3ccc(Cl)cc3Cl)cc(C3CC3)nc21. The Bertz CT molecular complexity index is 1010. The first-order valence-corrected chi connectivity index (χ1v) is 9.34. The van der Waals surface area contributed by atoms with Gasteiger partial charge in [-0.3, -0.25) is 4.79 Å². The van der Waals surface area contributed by atoms with Crippen molar-refractivity contribution in [1.82, 2.24) is 14.8 Å². The molecule has 2 aromatic heterocycles. The smallest absolute Gasteiger partial charge is 0.256 e. The predicted molar refractivity (Wildman–Crippen MR) is 104 cm³/mol. The van der Waals surface area contributed by atoms with E-state index in [9.17, 15) is 4.79 Å². The number of hydrogen-bond donors (Lipinski definition) is 1. The van der Waals surface area contributed by atoms with E-state index >= 15 is 0 Å². The van der Waals surface area contributed by atoms with E-state index in [1.165, 1.54) is 0 Å². The Labute approximate surface area is 161 Å². The molecule has 0 bridgehead atoms. The number of aromatic nitrogens is 3. The van der Waals surface area contributed by atoms with E-state index in [1.807, 2.05) is 24.6 Å². The summed E-state index contributed by atoms with van der Waals surface area (Å²) in [6, 6.07) is 7.03. The molecule has 26 heavy (non-hydrogen) atoms. The van der Waals surface area contributed by atoms with Crippen LogP contribution >= 0.6 is 23.2 Å². The largest absolute Gasteiger partial charge is 0.321 e. The zero-order valence-corrected chi connectivity index (χ0v) is 16.0. The minimum atomic E-state index is -0.230. The van der Waals surface area contributed by atoms with Crippen LogP contribution in [0.5, 0.6) is 0 Å². The van der Waals surface area contributed by atoms with Crippen LogP contribution in [0, 0.1) is 0 Å². The summed E-state index contributed by atoms with van der Waals surface area (Å²) in [7, 11) is 0. The summed E-state index contributed by atoms with van der Waals surface area (Å²) < 4.78 is 1.85. The van der Waals surface area contributed by atoms with Crippen LogP contribution < -0.4 is 5.32 Å². The van der Waals surface area contributed by atoms with Gasteiger partial charge in [-0.05, 0) is 51.0 Å². The van der Waals surface area contributed by atoms with Gasteiger partial charge in [0.25, 0.3) is 5.91 Å². The van der Waals surface area contributed by atoms with Crippen molar-refractivity contribution in [2.45, 2.75) is 38.6 Å². The number of carbonyl (C=O) groups is 1. The molecule has 0 saturated heterocycles. The van der Waals surface area contributed by atoms with Crippen LogP contribution in [-0.2, 0) is 0 Å². The number of halogens is 2. The molecule has 1 fully saturated rings. The lowest BCUT2D eigenvalue weighted by molar-refractivity contribution is 0.102. The Morgan fingerprint density at radius 2 is 2.04 bits per heavy atom. The van der Waals surface area contributed by atoms with Crippen molar-refractivity contribution in [3.8, 4) is 0 Å². The third kappa shape index (κ3) is 3.17. The molecular formula is C19H18Cl2N4O. The maximum absolute atomic E-state index is 13.0. The molecule has 2 heterocycles. The van der Waals surface area contributed by atoms with Crippen LogP contribution in [0.25, 0.3) is 11.0 Å². The summed E-state index contributed by atoms with van der Waals surface area (Å²) in [6.45, 7) is 4.09. The highest BCUT2D eigenvalue weighted by molar-refractivity contribution is 6.37. The molecule has 1 saturated carbocycles. The van der Waals surface area contributed by atoms with E-state index < -0.39 is 0 Å². The molecule has 7 heteroatoms. The number of carbonyl (C=O) groups excluding carboxylic acids is 1. The second-order valence-electron chi connectivity index (χ2n) is 6.87. The minimum absolute atomic E-state index is 0.163. The van der Waals surface area contributed by atoms with Crippen LogP contribution in [0.4, 0.5) is 5.69 Å². The summed E-state index contributed by atoms with van der Waals surface area (Å²) in [5, 5.41) is 8.96. The fourth-order valence-corrected chi connectivity index (χ4v) is 3.43. The molecular weight excluding hydrogens is 371 g/mol. The van der Waals surface area contributed by atoms with Crippen LogP contribution in [0.3, 0.4) is 0 Å². The predicted octanol–water partition coefficient (Wildman–Crippen LogP) is 5.45. The molecule has 1 amide bonds. The topological polar surface area (TPSA) is 59.8 Å². The lowest BCUT2D eigenvalue weighted by atomic mass is 10.1. The quantitative estimate of drug-likeness (QED) is 0.646. The van der Waals surface area contributed by atoms with Crippen LogP contribution in [0.15, 0.2) is 30.5 Å². The number of rotatable bonds is 4. The van der Waals surface area contributed by atoms with Crippen molar-refractivity contribution in [2.75, 3.05) is 5.32 Å². The zero-order valence-electron chi connectivity index (χ0n) is 14.5. The monoisotopic (exact) mass is 388 g/mol. The number of pyridine rings is 1. The molecule has 1 aliphatic carbocycles. The molecule has 5 nitrogen and oxygen atoms in total. The van der Waals surface area contributed by atoms with E-state index in [4.69, 9.17) is 28.2 Å². The first-order valence-electron chi connectivity index (χ1n) is 8.58. The Hall–Kier alpha value is -2.11. The molecule has 134 valence electrons. The van der Waals surface area contributed by atoms with Gasteiger partial charge >= 0.3 is 0 Å². The van der Waals surface area contributed by atoms with Gasteiger partial charge in [-0.15, -0.1) is 0 Å². The highest BCUT2D eigenvalue weighted by atomic mass is 35.5. The molecule has 3 aromatic rings. The standard InChI is InChI=1S/C19H18Cl2N4O/c1-10(2)25-18-14(9-22-25)13(8-17(23-18)11-3-4-11)19(26)24-16-6-5-12(20)7-15(16)21/h5-11H,3-4H2,1-2H3,(H,24,26). The average molecular weight is 389 g/mol. The Morgan fingerprint density at radius 3 is 2.69 bits per heavy atom. The fraction of sp³-hybridized carbons (Fsp3) is 0.316. The fourth-order valence-electron chi connectivity index (χ4n) is 2.97. The number of fused-ring (bicyclic) bond motifs is 1. The highest BCUT2D eigenvalue weighted by Crippen LogP contribution is 2.40. The summed E-state index contributed by atoms with van der Waals surface area (Å²) in [6.07, 6.45) is 3.92. The van der Waals surface area contributed by atoms with Gasteiger partial charge in [0.1, 0.15) is 0 Å². The molecule has 1 aliphatic rings. The van der Waals surface area contributed by atoms with Crippen molar-refractivity contribution in [1.29, 1.82) is 0 Å². The van der Waals surface area contributed by atoms with Gasteiger partial charge in [0.15, 0.2) is 5.65 Å². The van der Waals surface area contributed by atoms with E-state index in [1.54, 1.807) is 24.4 Å². The Balaban J connectivity index is 1.78. The van der Waals surface area contributed by atoms with Crippen molar-refractivity contribution >= 4 is 45.8 Å². The maximum Gasteiger partial charge on any atom is 0.256 e. The van der Waals surface area contributed by atoms with Gasteiger partial charge in [-0.1, -0.05) is 23.2 Å². The minimum Gasteiger partial charge on any atom is -0.321 e. The van der Waals surface area contributed by atoms with Gasteiger partial charge in [0, 0.05) is 22.7 Å². The van der Waals surface area contributed by atoms with E-state index in [-0.39, 0.29) is 11.9 Å². The first-order chi connectivity index (χ1) is 12.4. The molecule has 0 spiro atoms. The lowest BCUT2D eigenvalue weighted by Gasteiger charge is -2.11. The van der Waals surface area contributed by atoms with Gasteiger partial charge in [-0.25, -0.2) is 9.67 Å².